The molecule has 0 bridgehead atoms. The molecule has 19 heavy (non-hydrogen) atoms. The number of nitrogens with two attached hydrogens (primary N) is 1. The zero-order valence-corrected chi connectivity index (χ0v) is 11.8. The van der Waals surface area contributed by atoms with E-state index in [-0.39, 0.29) is 6.04 Å². The lowest BCUT2D eigenvalue weighted by Crippen LogP contribution is -2.23. The van der Waals surface area contributed by atoms with Crippen LogP contribution >= 0.6 is 0 Å². The molecule has 0 amide bonds. The lowest BCUT2D eigenvalue weighted by Gasteiger charge is -2.23. The van der Waals surface area contributed by atoms with Crippen molar-refractivity contribution in [3.8, 4) is 0 Å². The van der Waals surface area contributed by atoms with Crippen LogP contribution in [-0.2, 0) is 0 Å². The number of benzene rings is 1. The summed E-state index contributed by atoms with van der Waals surface area (Å²) in [7, 11) is 0. The van der Waals surface area contributed by atoms with Crippen molar-refractivity contribution in [2.24, 2.45) is 11.7 Å². The Hall–Kier alpha value is -1.06. The van der Waals surface area contributed by atoms with Crippen molar-refractivity contribution in [1.82, 2.24) is 0 Å². The van der Waals surface area contributed by atoms with E-state index >= 15 is 0 Å². The van der Waals surface area contributed by atoms with Gasteiger partial charge in [-0.05, 0) is 43.4 Å². The maximum atomic E-state index is 9.55. The van der Waals surface area contributed by atoms with Crippen molar-refractivity contribution in [3.05, 3.63) is 29.8 Å². The minimum atomic E-state index is -0.520. The van der Waals surface area contributed by atoms with Gasteiger partial charge in [-0.1, -0.05) is 31.4 Å². The second-order valence-electron chi connectivity index (χ2n) is 5.78. The molecule has 2 unspecified atom stereocenters. The highest BCUT2D eigenvalue weighted by atomic mass is 16.3. The van der Waals surface area contributed by atoms with Gasteiger partial charge in [0.15, 0.2) is 0 Å². The maximum Gasteiger partial charge on any atom is 0.0704 e. The first-order valence-corrected chi connectivity index (χ1v) is 7.44. The highest BCUT2D eigenvalue weighted by Gasteiger charge is 2.14. The van der Waals surface area contributed by atoms with Crippen LogP contribution in [-0.4, -0.2) is 17.8 Å². The Balaban J connectivity index is 1.91. The first-order chi connectivity index (χ1) is 9.16. The summed E-state index contributed by atoms with van der Waals surface area (Å²) in [5, 5.41) is 13.1. The fourth-order valence-corrected chi connectivity index (χ4v) is 2.79. The van der Waals surface area contributed by atoms with Crippen molar-refractivity contribution in [2.75, 3.05) is 11.9 Å². The summed E-state index contributed by atoms with van der Waals surface area (Å²) >= 11 is 0. The molecule has 2 atom stereocenters. The Labute approximate surface area is 116 Å². The molecule has 1 aliphatic rings. The third-order valence-corrected chi connectivity index (χ3v) is 4.11. The van der Waals surface area contributed by atoms with Gasteiger partial charge in [0, 0.05) is 12.2 Å². The summed E-state index contributed by atoms with van der Waals surface area (Å²) in [5.74, 6) is 0.808. The molecule has 3 nitrogen and oxygen atoms in total. The maximum absolute atomic E-state index is 9.55. The topological polar surface area (TPSA) is 58.3 Å². The van der Waals surface area contributed by atoms with Crippen LogP contribution < -0.4 is 11.1 Å². The molecule has 1 fully saturated rings. The standard InChI is InChI=1S/C16H26N2O/c1-12(19)16(17)14-8-5-9-15(10-14)18-11-13-6-3-2-4-7-13/h5,8-10,12-13,16,18-19H,2-4,6-7,11,17H2,1H3. The van der Waals surface area contributed by atoms with Crippen LogP contribution in [0.5, 0.6) is 0 Å². The summed E-state index contributed by atoms with van der Waals surface area (Å²) in [6.07, 6.45) is 6.32. The van der Waals surface area contributed by atoms with Crippen LogP contribution in [0.4, 0.5) is 5.69 Å². The molecule has 1 aliphatic carbocycles. The minimum Gasteiger partial charge on any atom is -0.391 e. The normalized spacial score (nSPS) is 19.9. The molecular weight excluding hydrogens is 236 g/mol. The third kappa shape index (κ3) is 4.22. The first-order valence-electron chi connectivity index (χ1n) is 7.44. The lowest BCUT2D eigenvalue weighted by molar-refractivity contribution is 0.164. The molecule has 2 rings (SSSR count). The van der Waals surface area contributed by atoms with Crippen LogP contribution in [0.25, 0.3) is 0 Å². The highest BCUT2D eigenvalue weighted by molar-refractivity contribution is 5.46. The van der Waals surface area contributed by atoms with E-state index in [0.717, 1.165) is 23.7 Å². The van der Waals surface area contributed by atoms with Gasteiger partial charge in [-0.15, -0.1) is 0 Å². The molecule has 0 aliphatic heterocycles. The van der Waals surface area contributed by atoms with E-state index in [9.17, 15) is 5.11 Å². The molecule has 0 radical (unpaired) electrons. The van der Waals surface area contributed by atoms with Crippen molar-refractivity contribution >= 4 is 5.69 Å². The minimum absolute atomic E-state index is 0.309. The average molecular weight is 262 g/mol. The summed E-state index contributed by atoms with van der Waals surface area (Å²) < 4.78 is 0. The number of aliphatic hydroxyl groups is 1. The molecule has 1 aromatic rings. The van der Waals surface area contributed by atoms with Gasteiger partial charge < -0.3 is 16.2 Å². The zero-order chi connectivity index (χ0) is 13.7. The smallest absolute Gasteiger partial charge is 0.0704 e. The number of aliphatic hydroxyl groups excluding tert-OH is 1. The Kier molecular flexibility index (Phi) is 5.23. The number of rotatable bonds is 5. The average Bonchev–Trinajstić information content (AvgIpc) is 2.45. The second kappa shape index (κ2) is 6.92. The lowest BCUT2D eigenvalue weighted by atomic mass is 9.89. The molecule has 106 valence electrons. The number of nitrogens with one attached hydrogen (secondary N) is 1. The predicted octanol–water partition coefficient (Wildman–Crippen LogP) is 3.06. The largest absolute Gasteiger partial charge is 0.391 e. The van der Waals surface area contributed by atoms with Gasteiger partial charge in [0.25, 0.3) is 0 Å². The molecule has 0 aromatic heterocycles. The van der Waals surface area contributed by atoms with E-state index in [1.807, 2.05) is 12.1 Å². The van der Waals surface area contributed by atoms with Crippen molar-refractivity contribution in [3.63, 3.8) is 0 Å². The molecule has 1 aromatic carbocycles. The summed E-state index contributed by atoms with van der Waals surface area (Å²) in [5.41, 5.74) is 8.07. The van der Waals surface area contributed by atoms with Crippen LogP contribution in [0.1, 0.15) is 50.6 Å². The van der Waals surface area contributed by atoms with Gasteiger partial charge in [0.2, 0.25) is 0 Å². The molecule has 0 heterocycles. The fraction of sp³-hybridized carbons (Fsp3) is 0.625. The number of hydrogen-bond donors (Lipinski definition) is 3. The quantitative estimate of drug-likeness (QED) is 0.764. The predicted molar refractivity (Wildman–Crippen MR) is 80.1 cm³/mol. The van der Waals surface area contributed by atoms with E-state index in [1.54, 1.807) is 6.92 Å². The van der Waals surface area contributed by atoms with E-state index in [2.05, 4.69) is 17.4 Å². The van der Waals surface area contributed by atoms with Gasteiger partial charge >= 0.3 is 0 Å². The third-order valence-electron chi connectivity index (χ3n) is 4.11. The Morgan fingerprint density at radius 1 is 1.32 bits per heavy atom. The van der Waals surface area contributed by atoms with Gasteiger partial charge in [-0.2, -0.15) is 0 Å². The zero-order valence-electron chi connectivity index (χ0n) is 11.8. The van der Waals surface area contributed by atoms with Gasteiger partial charge in [0.1, 0.15) is 0 Å². The number of anilines is 1. The monoisotopic (exact) mass is 262 g/mol. The molecule has 0 saturated heterocycles. The fourth-order valence-electron chi connectivity index (χ4n) is 2.79. The molecular formula is C16H26N2O. The molecule has 3 heteroatoms. The summed E-state index contributed by atoms with van der Waals surface area (Å²) in [6, 6.07) is 7.79. The van der Waals surface area contributed by atoms with Crippen LogP contribution in [0, 0.1) is 5.92 Å². The Morgan fingerprint density at radius 2 is 2.05 bits per heavy atom. The van der Waals surface area contributed by atoms with E-state index in [1.165, 1.54) is 32.1 Å². The second-order valence-corrected chi connectivity index (χ2v) is 5.78. The molecule has 4 N–H and O–H groups in total. The highest BCUT2D eigenvalue weighted by Crippen LogP contribution is 2.24. The van der Waals surface area contributed by atoms with Crippen molar-refractivity contribution in [2.45, 2.75) is 51.2 Å². The van der Waals surface area contributed by atoms with E-state index in [4.69, 9.17) is 5.73 Å². The number of hydrogen-bond acceptors (Lipinski definition) is 3. The summed E-state index contributed by atoms with van der Waals surface area (Å²) in [6.45, 7) is 2.78. The Bertz CT molecular complexity index is 386. The van der Waals surface area contributed by atoms with Gasteiger partial charge in [0.05, 0.1) is 12.1 Å². The van der Waals surface area contributed by atoms with Gasteiger partial charge in [-0.25, -0.2) is 0 Å². The van der Waals surface area contributed by atoms with E-state index < -0.39 is 6.10 Å². The van der Waals surface area contributed by atoms with Crippen molar-refractivity contribution in [1.29, 1.82) is 0 Å². The van der Waals surface area contributed by atoms with Crippen molar-refractivity contribution < 1.29 is 5.11 Å². The summed E-state index contributed by atoms with van der Waals surface area (Å²) in [4.78, 5) is 0. The first kappa shape index (κ1) is 14.4. The Morgan fingerprint density at radius 3 is 2.74 bits per heavy atom. The van der Waals surface area contributed by atoms with Crippen LogP contribution in [0.15, 0.2) is 24.3 Å². The molecule has 1 saturated carbocycles. The van der Waals surface area contributed by atoms with Crippen LogP contribution in [0.3, 0.4) is 0 Å². The van der Waals surface area contributed by atoms with Gasteiger partial charge in [-0.3, -0.25) is 0 Å². The van der Waals surface area contributed by atoms with Crippen LogP contribution in [0.2, 0.25) is 0 Å². The van der Waals surface area contributed by atoms with E-state index in [0.29, 0.717) is 0 Å². The molecule has 0 spiro atoms. The SMILES string of the molecule is CC(O)C(N)c1cccc(NCC2CCCCC2)c1.